The van der Waals surface area contributed by atoms with Crippen molar-refractivity contribution in [2.24, 2.45) is 0 Å². The normalized spacial score (nSPS) is 10.4. The Bertz CT molecular complexity index is 572. The van der Waals surface area contributed by atoms with Gasteiger partial charge in [-0.3, -0.25) is 0 Å². The molecular weight excluding hydrogens is 317 g/mol. The van der Waals surface area contributed by atoms with Crippen molar-refractivity contribution in [2.75, 3.05) is 5.32 Å². The van der Waals surface area contributed by atoms with Crippen LogP contribution in [0.4, 0.5) is 10.1 Å². The van der Waals surface area contributed by atoms with Gasteiger partial charge in [0.15, 0.2) is 0 Å². The second-order valence-corrected chi connectivity index (χ2v) is 5.38. The van der Waals surface area contributed by atoms with Crippen LogP contribution in [-0.4, -0.2) is 0 Å². The maximum Gasteiger partial charge on any atom is 0.126 e. The number of nitrogens with one attached hydrogen (secondary N) is 1. The number of hydrogen-bond donors (Lipinski definition) is 1. The standard InChI is InChI=1S/C14H12BrClFN/c1-9-2-3-10(6-13(9)17)8-18-14-7-11(15)4-5-12(14)16/h2-7,18H,8H2,1H3. The molecule has 0 aromatic heterocycles. The Hall–Kier alpha value is -1.06. The Labute approximate surface area is 119 Å². The zero-order valence-corrected chi connectivity index (χ0v) is 12.1. The SMILES string of the molecule is Cc1ccc(CNc2cc(Br)ccc2Cl)cc1F. The molecule has 0 bridgehead atoms. The lowest BCUT2D eigenvalue weighted by Crippen LogP contribution is -2.00. The van der Waals surface area contributed by atoms with Crippen molar-refractivity contribution in [3.8, 4) is 0 Å². The number of halogens is 3. The molecule has 0 aliphatic rings. The fourth-order valence-electron chi connectivity index (χ4n) is 1.58. The van der Waals surface area contributed by atoms with Gasteiger partial charge >= 0.3 is 0 Å². The summed E-state index contributed by atoms with van der Waals surface area (Å²) in [5, 5.41) is 3.83. The quantitative estimate of drug-likeness (QED) is 0.820. The Morgan fingerprint density at radius 1 is 1.22 bits per heavy atom. The topological polar surface area (TPSA) is 12.0 Å². The van der Waals surface area contributed by atoms with Gasteiger partial charge in [-0.1, -0.05) is 39.7 Å². The van der Waals surface area contributed by atoms with Gasteiger partial charge in [-0.25, -0.2) is 4.39 Å². The number of benzene rings is 2. The Kier molecular flexibility index (Phi) is 4.25. The highest BCUT2D eigenvalue weighted by Crippen LogP contribution is 2.26. The van der Waals surface area contributed by atoms with Crippen LogP contribution in [0.5, 0.6) is 0 Å². The fourth-order valence-corrected chi connectivity index (χ4v) is 2.12. The monoisotopic (exact) mass is 327 g/mol. The summed E-state index contributed by atoms with van der Waals surface area (Å²) in [6, 6.07) is 10.8. The van der Waals surface area contributed by atoms with Crippen molar-refractivity contribution in [3.05, 3.63) is 62.8 Å². The summed E-state index contributed by atoms with van der Waals surface area (Å²) in [5.74, 6) is -0.186. The van der Waals surface area contributed by atoms with E-state index in [1.165, 1.54) is 6.07 Å². The van der Waals surface area contributed by atoms with E-state index in [4.69, 9.17) is 11.6 Å². The molecular formula is C14H12BrClFN. The highest BCUT2D eigenvalue weighted by Gasteiger charge is 2.03. The molecule has 94 valence electrons. The summed E-state index contributed by atoms with van der Waals surface area (Å²) in [5.41, 5.74) is 2.36. The van der Waals surface area contributed by atoms with Gasteiger partial charge in [0.1, 0.15) is 5.82 Å². The molecule has 1 N–H and O–H groups in total. The third-order valence-electron chi connectivity index (χ3n) is 2.65. The van der Waals surface area contributed by atoms with Crippen molar-refractivity contribution in [1.82, 2.24) is 0 Å². The van der Waals surface area contributed by atoms with Crippen molar-refractivity contribution >= 4 is 33.2 Å². The number of rotatable bonds is 3. The van der Waals surface area contributed by atoms with E-state index < -0.39 is 0 Å². The summed E-state index contributed by atoms with van der Waals surface area (Å²) in [4.78, 5) is 0. The van der Waals surface area contributed by atoms with E-state index in [1.54, 1.807) is 13.0 Å². The van der Waals surface area contributed by atoms with Crippen LogP contribution in [0.15, 0.2) is 40.9 Å². The predicted molar refractivity (Wildman–Crippen MR) is 77.6 cm³/mol. The van der Waals surface area contributed by atoms with Gasteiger partial charge in [-0.05, 0) is 42.3 Å². The summed E-state index contributed by atoms with van der Waals surface area (Å²) in [6.07, 6.45) is 0. The minimum Gasteiger partial charge on any atom is -0.380 e. The highest BCUT2D eigenvalue weighted by atomic mass is 79.9. The van der Waals surface area contributed by atoms with Gasteiger partial charge in [0.2, 0.25) is 0 Å². The first-order valence-corrected chi connectivity index (χ1v) is 6.67. The molecule has 0 saturated carbocycles. The molecule has 0 atom stereocenters. The van der Waals surface area contributed by atoms with E-state index in [9.17, 15) is 4.39 Å². The van der Waals surface area contributed by atoms with Crippen LogP contribution in [0.2, 0.25) is 5.02 Å². The van der Waals surface area contributed by atoms with E-state index in [0.717, 1.165) is 15.7 Å². The molecule has 0 amide bonds. The average Bonchev–Trinajstić information content (AvgIpc) is 2.34. The predicted octanol–water partition coefficient (Wildman–Crippen LogP) is 5.16. The van der Waals surface area contributed by atoms with E-state index in [0.29, 0.717) is 17.1 Å². The van der Waals surface area contributed by atoms with E-state index in [1.807, 2.05) is 24.3 Å². The average molecular weight is 329 g/mol. The molecule has 0 fully saturated rings. The van der Waals surface area contributed by atoms with Gasteiger partial charge in [0, 0.05) is 11.0 Å². The fraction of sp³-hybridized carbons (Fsp3) is 0.143. The van der Waals surface area contributed by atoms with Crippen LogP contribution in [0.3, 0.4) is 0 Å². The van der Waals surface area contributed by atoms with Crippen molar-refractivity contribution in [1.29, 1.82) is 0 Å². The second-order valence-electron chi connectivity index (χ2n) is 4.06. The molecule has 0 radical (unpaired) electrons. The molecule has 4 heteroatoms. The zero-order valence-electron chi connectivity index (χ0n) is 9.81. The van der Waals surface area contributed by atoms with Gasteiger partial charge in [0.05, 0.1) is 10.7 Å². The molecule has 0 aliphatic heterocycles. The van der Waals surface area contributed by atoms with Crippen molar-refractivity contribution < 1.29 is 4.39 Å². The molecule has 18 heavy (non-hydrogen) atoms. The Morgan fingerprint density at radius 2 is 2.00 bits per heavy atom. The summed E-state index contributed by atoms with van der Waals surface area (Å²) in [6.45, 7) is 2.28. The minimum atomic E-state index is -0.186. The third-order valence-corrected chi connectivity index (χ3v) is 3.47. The second kappa shape index (κ2) is 5.72. The molecule has 2 aromatic carbocycles. The number of hydrogen-bond acceptors (Lipinski definition) is 1. The van der Waals surface area contributed by atoms with E-state index in [2.05, 4.69) is 21.2 Å². The van der Waals surface area contributed by atoms with Gasteiger partial charge in [0.25, 0.3) is 0 Å². The Morgan fingerprint density at radius 3 is 2.72 bits per heavy atom. The van der Waals surface area contributed by atoms with Gasteiger partial charge < -0.3 is 5.32 Å². The molecule has 0 heterocycles. The number of anilines is 1. The summed E-state index contributed by atoms with van der Waals surface area (Å²) >= 11 is 9.45. The van der Waals surface area contributed by atoms with Crippen LogP contribution in [0.25, 0.3) is 0 Å². The molecule has 2 aromatic rings. The molecule has 0 aliphatic carbocycles. The number of aryl methyl sites for hydroxylation is 1. The summed E-state index contributed by atoms with van der Waals surface area (Å²) in [7, 11) is 0. The minimum absolute atomic E-state index is 0.186. The van der Waals surface area contributed by atoms with Gasteiger partial charge in [-0.15, -0.1) is 0 Å². The maximum atomic E-state index is 13.4. The van der Waals surface area contributed by atoms with Crippen LogP contribution < -0.4 is 5.32 Å². The zero-order chi connectivity index (χ0) is 13.1. The first kappa shape index (κ1) is 13.4. The van der Waals surface area contributed by atoms with Crippen molar-refractivity contribution in [2.45, 2.75) is 13.5 Å². The summed E-state index contributed by atoms with van der Waals surface area (Å²) < 4.78 is 14.3. The van der Waals surface area contributed by atoms with E-state index >= 15 is 0 Å². The van der Waals surface area contributed by atoms with Crippen LogP contribution in [0.1, 0.15) is 11.1 Å². The molecule has 2 rings (SSSR count). The third kappa shape index (κ3) is 3.24. The van der Waals surface area contributed by atoms with E-state index in [-0.39, 0.29) is 5.82 Å². The van der Waals surface area contributed by atoms with Crippen LogP contribution >= 0.6 is 27.5 Å². The first-order chi connectivity index (χ1) is 8.56. The largest absolute Gasteiger partial charge is 0.380 e. The van der Waals surface area contributed by atoms with Crippen molar-refractivity contribution in [3.63, 3.8) is 0 Å². The van der Waals surface area contributed by atoms with Crippen LogP contribution in [-0.2, 0) is 6.54 Å². The maximum absolute atomic E-state index is 13.4. The lowest BCUT2D eigenvalue weighted by atomic mass is 10.1. The highest BCUT2D eigenvalue weighted by molar-refractivity contribution is 9.10. The smallest absolute Gasteiger partial charge is 0.126 e. The molecule has 0 saturated heterocycles. The van der Waals surface area contributed by atoms with Gasteiger partial charge in [-0.2, -0.15) is 0 Å². The van der Waals surface area contributed by atoms with Crippen LogP contribution in [0, 0.1) is 12.7 Å². The lowest BCUT2D eigenvalue weighted by molar-refractivity contribution is 0.616. The molecule has 0 spiro atoms. The molecule has 1 nitrogen and oxygen atoms in total. The lowest BCUT2D eigenvalue weighted by Gasteiger charge is -2.09. The Balaban J connectivity index is 2.11. The molecule has 0 unspecified atom stereocenters. The first-order valence-electron chi connectivity index (χ1n) is 5.50.